The predicted molar refractivity (Wildman–Crippen MR) is 147 cm³/mol. The molecule has 2 aliphatic rings. The van der Waals surface area contributed by atoms with Crippen molar-refractivity contribution in [3.05, 3.63) is 48.7 Å². The van der Waals surface area contributed by atoms with E-state index >= 15 is 0 Å². The van der Waals surface area contributed by atoms with Crippen LogP contribution in [0.5, 0.6) is 0 Å². The molecule has 5 aromatic rings. The third-order valence-corrected chi connectivity index (χ3v) is 7.29. The van der Waals surface area contributed by atoms with Crippen LogP contribution < -0.4 is 5.32 Å². The molecule has 5 aromatic heterocycles. The summed E-state index contributed by atoms with van der Waals surface area (Å²) in [6.07, 6.45) is 10.3. The second-order valence-corrected chi connectivity index (χ2v) is 9.85. The van der Waals surface area contributed by atoms with Crippen molar-refractivity contribution < 1.29 is 14.3 Å². The number of fused-ring (bicyclic) bond motifs is 2. The van der Waals surface area contributed by atoms with Gasteiger partial charge in [-0.1, -0.05) is 0 Å². The first-order chi connectivity index (χ1) is 19.6. The zero-order valence-electron chi connectivity index (χ0n) is 21.6. The number of H-pyrrole nitrogens is 2. The van der Waals surface area contributed by atoms with Crippen LogP contribution >= 0.6 is 0 Å². The lowest BCUT2D eigenvalue weighted by molar-refractivity contribution is 0.0564. The molecule has 0 saturated carbocycles. The third kappa shape index (κ3) is 4.39. The number of morpholine rings is 1. The zero-order valence-corrected chi connectivity index (χ0v) is 21.6. The summed E-state index contributed by atoms with van der Waals surface area (Å²) in [5.41, 5.74) is 5.05. The monoisotopic (exact) mass is 538 g/mol. The zero-order chi connectivity index (χ0) is 27.1. The van der Waals surface area contributed by atoms with Crippen molar-refractivity contribution in [1.29, 1.82) is 0 Å². The van der Waals surface area contributed by atoms with E-state index in [9.17, 15) is 9.59 Å². The van der Waals surface area contributed by atoms with Crippen LogP contribution in [0, 0.1) is 0 Å². The summed E-state index contributed by atoms with van der Waals surface area (Å²) < 4.78 is 5.33. The second kappa shape index (κ2) is 10.0. The number of aromatic nitrogens is 7. The molecule has 2 fully saturated rings. The molecular formula is C27H26N10O3. The highest BCUT2D eigenvalue weighted by molar-refractivity contribution is 6.05. The molecule has 202 valence electrons. The Labute approximate surface area is 228 Å². The molecule has 3 amide bonds. The average Bonchev–Trinajstić information content (AvgIpc) is 3.76. The van der Waals surface area contributed by atoms with E-state index in [1.807, 2.05) is 17.0 Å². The van der Waals surface area contributed by atoms with E-state index in [4.69, 9.17) is 9.72 Å². The Balaban J connectivity index is 1.20. The van der Waals surface area contributed by atoms with Crippen molar-refractivity contribution in [2.24, 2.45) is 0 Å². The average molecular weight is 539 g/mol. The molecule has 0 unspecified atom stereocenters. The van der Waals surface area contributed by atoms with Crippen molar-refractivity contribution in [2.75, 3.05) is 44.7 Å². The van der Waals surface area contributed by atoms with Gasteiger partial charge in [-0.25, -0.2) is 14.8 Å². The number of likely N-dealkylation sites (tertiary alicyclic amines) is 1. The molecule has 0 spiro atoms. The highest BCUT2D eigenvalue weighted by Crippen LogP contribution is 2.30. The fraction of sp³-hybridized carbons (Fsp3) is 0.296. The van der Waals surface area contributed by atoms with Gasteiger partial charge in [0.25, 0.3) is 5.91 Å². The molecule has 0 atom stereocenters. The van der Waals surface area contributed by atoms with Crippen LogP contribution in [-0.2, 0) is 4.74 Å². The van der Waals surface area contributed by atoms with Crippen LogP contribution in [0.2, 0.25) is 0 Å². The van der Waals surface area contributed by atoms with Gasteiger partial charge in [0, 0.05) is 55.9 Å². The largest absolute Gasteiger partial charge is 0.378 e. The molecule has 2 saturated heterocycles. The molecule has 0 radical (unpaired) electrons. The lowest BCUT2D eigenvalue weighted by Gasteiger charge is -2.26. The molecule has 3 N–H and O–H groups in total. The van der Waals surface area contributed by atoms with E-state index in [1.54, 1.807) is 35.9 Å². The fourth-order valence-electron chi connectivity index (χ4n) is 5.17. The van der Waals surface area contributed by atoms with Crippen molar-refractivity contribution in [3.8, 4) is 22.6 Å². The van der Waals surface area contributed by atoms with Gasteiger partial charge in [-0.05, 0) is 25.0 Å². The van der Waals surface area contributed by atoms with Gasteiger partial charge >= 0.3 is 6.03 Å². The molecular weight excluding hydrogens is 512 g/mol. The van der Waals surface area contributed by atoms with Crippen LogP contribution in [0.25, 0.3) is 44.7 Å². The fourth-order valence-corrected chi connectivity index (χ4v) is 5.17. The van der Waals surface area contributed by atoms with Crippen LogP contribution in [0.15, 0.2) is 43.1 Å². The van der Waals surface area contributed by atoms with Gasteiger partial charge in [0.05, 0.1) is 47.8 Å². The highest BCUT2D eigenvalue weighted by atomic mass is 16.5. The number of hydrogen-bond acceptors (Lipinski definition) is 8. The number of anilines is 1. The third-order valence-electron chi connectivity index (χ3n) is 7.29. The first-order valence-corrected chi connectivity index (χ1v) is 13.2. The Morgan fingerprint density at radius 2 is 1.70 bits per heavy atom. The van der Waals surface area contributed by atoms with Gasteiger partial charge in [-0.15, -0.1) is 0 Å². The molecule has 40 heavy (non-hydrogen) atoms. The Morgan fingerprint density at radius 3 is 2.55 bits per heavy atom. The van der Waals surface area contributed by atoms with Crippen LogP contribution in [0.1, 0.15) is 23.2 Å². The van der Waals surface area contributed by atoms with E-state index in [1.165, 1.54) is 0 Å². The minimum atomic E-state index is -0.185. The minimum absolute atomic E-state index is 0.0554. The molecule has 7 rings (SSSR count). The Kier molecular flexibility index (Phi) is 6.04. The number of amides is 3. The number of urea groups is 1. The predicted octanol–water partition coefficient (Wildman–Crippen LogP) is 3.06. The van der Waals surface area contributed by atoms with E-state index in [2.05, 4.69) is 35.5 Å². The number of carbonyl (C=O) groups is 2. The number of nitrogens with one attached hydrogen (secondary N) is 3. The maximum Gasteiger partial charge on any atom is 0.322 e. The lowest BCUT2D eigenvalue weighted by Crippen LogP contribution is -2.43. The number of nitrogens with zero attached hydrogens (tertiary/aromatic N) is 7. The highest BCUT2D eigenvalue weighted by Gasteiger charge is 2.24. The maximum absolute atomic E-state index is 13.1. The van der Waals surface area contributed by atoms with Gasteiger partial charge in [0.2, 0.25) is 0 Å². The smallest absolute Gasteiger partial charge is 0.322 e. The first-order valence-electron chi connectivity index (χ1n) is 13.2. The van der Waals surface area contributed by atoms with Gasteiger partial charge in [-0.2, -0.15) is 5.10 Å². The van der Waals surface area contributed by atoms with Gasteiger partial charge in [-0.3, -0.25) is 19.9 Å². The molecule has 0 bridgehead atoms. The summed E-state index contributed by atoms with van der Waals surface area (Å²) in [6, 6.07) is 3.62. The number of rotatable bonds is 4. The molecule has 13 heteroatoms. The van der Waals surface area contributed by atoms with Gasteiger partial charge < -0.3 is 24.8 Å². The molecule has 0 aromatic carbocycles. The molecule has 13 nitrogen and oxygen atoms in total. The van der Waals surface area contributed by atoms with E-state index in [-0.39, 0.29) is 11.9 Å². The van der Waals surface area contributed by atoms with Crippen molar-refractivity contribution >= 4 is 39.7 Å². The van der Waals surface area contributed by atoms with Gasteiger partial charge in [0.1, 0.15) is 11.2 Å². The number of pyridine rings is 3. The summed E-state index contributed by atoms with van der Waals surface area (Å²) in [7, 11) is 0. The van der Waals surface area contributed by atoms with Crippen LogP contribution in [-0.4, -0.2) is 96.2 Å². The second-order valence-electron chi connectivity index (χ2n) is 9.85. The van der Waals surface area contributed by atoms with Crippen LogP contribution in [0.4, 0.5) is 10.5 Å². The molecule has 0 aliphatic carbocycles. The summed E-state index contributed by atoms with van der Waals surface area (Å²) in [4.78, 5) is 50.5. The Hall–Kier alpha value is -4.91. The standard InChI is InChI=1S/C27H26N10O3/c38-26(36-3-1-2-4-36)20-14-29-15-21-22(20)33-25(32-21)23-19-10-17(12-30-24(19)35-34-23)16-9-18(13-28-11-16)31-27(39)37-5-7-40-8-6-37/h9-15H,1-8H2,(H,31,39)(H,32,33)(H,30,34,35). The molecule has 7 heterocycles. The number of imidazole rings is 1. The number of aromatic amines is 2. The summed E-state index contributed by atoms with van der Waals surface area (Å²) >= 11 is 0. The van der Waals surface area contributed by atoms with Crippen molar-refractivity contribution in [3.63, 3.8) is 0 Å². The van der Waals surface area contributed by atoms with E-state index in [0.29, 0.717) is 65.8 Å². The van der Waals surface area contributed by atoms with Crippen LogP contribution in [0.3, 0.4) is 0 Å². The summed E-state index contributed by atoms with van der Waals surface area (Å²) in [6.45, 7) is 3.66. The van der Waals surface area contributed by atoms with Gasteiger partial charge in [0.15, 0.2) is 11.5 Å². The Bertz CT molecular complexity index is 1730. The number of hydrogen-bond donors (Lipinski definition) is 3. The topological polar surface area (TPSA) is 158 Å². The summed E-state index contributed by atoms with van der Waals surface area (Å²) in [5, 5.41) is 11.1. The number of ether oxygens (including phenoxy) is 1. The van der Waals surface area contributed by atoms with Crippen molar-refractivity contribution in [2.45, 2.75) is 12.8 Å². The first kappa shape index (κ1) is 24.2. The minimum Gasteiger partial charge on any atom is -0.378 e. The normalized spacial score (nSPS) is 15.7. The number of carbonyl (C=O) groups excluding carboxylic acids is 2. The quantitative estimate of drug-likeness (QED) is 0.315. The van der Waals surface area contributed by atoms with E-state index in [0.717, 1.165) is 42.4 Å². The van der Waals surface area contributed by atoms with E-state index < -0.39 is 0 Å². The summed E-state index contributed by atoms with van der Waals surface area (Å²) in [5.74, 6) is 0.477. The Morgan fingerprint density at radius 1 is 0.900 bits per heavy atom. The SMILES string of the molecule is O=C(Nc1cncc(-c2cnc3n[nH]c(-c4nc5c(C(=O)N6CCCC6)cncc5[nH]4)c3c2)c1)N1CCOCC1. The lowest BCUT2D eigenvalue weighted by atomic mass is 10.1. The molecule has 2 aliphatic heterocycles. The maximum atomic E-state index is 13.1. The van der Waals surface area contributed by atoms with Crippen molar-refractivity contribution in [1.82, 2.24) is 44.9 Å².